The fourth-order valence-electron chi connectivity index (χ4n) is 3.25. The first-order chi connectivity index (χ1) is 12.6. The van der Waals surface area contributed by atoms with Gasteiger partial charge in [-0.25, -0.2) is 0 Å². The number of methoxy groups -OCH3 is 2. The maximum atomic E-state index is 12.7. The minimum absolute atomic E-state index is 0.0183. The number of nitrogens with zero attached hydrogens (tertiary/aromatic N) is 1. The van der Waals surface area contributed by atoms with Crippen LogP contribution in [0, 0.1) is 0 Å². The van der Waals surface area contributed by atoms with Gasteiger partial charge in [-0.1, -0.05) is 15.9 Å². The lowest BCUT2D eigenvalue weighted by molar-refractivity contribution is -0.134. The highest BCUT2D eigenvalue weighted by Gasteiger charge is 2.32. The minimum Gasteiger partial charge on any atom is -0.497 e. The van der Waals surface area contributed by atoms with Crippen molar-refractivity contribution in [2.45, 2.75) is 18.9 Å². The molecule has 138 valence electrons. The lowest BCUT2D eigenvalue weighted by Gasteiger charge is -2.26. The van der Waals surface area contributed by atoms with E-state index in [-0.39, 0.29) is 18.6 Å². The molecule has 1 saturated heterocycles. The topological polar surface area (TPSA) is 48.0 Å². The monoisotopic (exact) mass is 419 g/mol. The van der Waals surface area contributed by atoms with Gasteiger partial charge >= 0.3 is 0 Å². The smallest absolute Gasteiger partial charge is 0.261 e. The Balaban J connectivity index is 1.73. The second-order valence-electron chi connectivity index (χ2n) is 6.10. The van der Waals surface area contributed by atoms with Crippen LogP contribution < -0.4 is 14.2 Å². The second-order valence-corrected chi connectivity index (χ2v) is 7.01. The van der Waals surface area contributed by atoms with Gasteiger partial charge in [-0.2, -0.15) is 0 Å². The van der Waals surface area contributed by atoms with Gasteiger partial charge in [0.2, 0.25) is 0 Å². The Morgan fingerprint density at radius 2 is 1.85 bits per heavy atom. The summed E-state index contributed by atoms with van der Waals surface area (Å²) in [6.45, 7) is 0.734. The van der Waals surface area contributed by atoms with E-state index in [0.29, 0.717) is 12.3 Å². The molecule has 6 heteroatoms. The molecule has 0 radical (unpaired) electrons. The number of halogens is 1. The summed E-state index contributed by atoms with van der Waals surface area (Å²) in [7, 11) is 3.28. The van der Waals surface area contributed by atoms with E-state index in [1.165, 1.54) is 0 Å². The number of likely N-dealkylation sites (tertiary alicyclic amines) is 1. The predicted molar refractivity (Wildman–Crippen MR) is 103 cm³/mol. The average molecular weight is 420 g/mol. The van der Waals surface area contributed by atoms with Crippen molar-refractivity contribution in [3.8, 4) is 17.2 Å². The van der Waals surface area contributed by atoms with E-state index in [1.54, 1.807) is 14.2 Å². The number of rotatable bonds is 6. The van der Waals surface area contributed by atoms with Crippen molar-refractivity contribution in [1.82, 2.24) is 4.90 Å². The first-order valence-corrected chi connectivity index (χ1v) is 9.31. The summed E-state index contributed by atoms with van der Waals surface area (Å²) < 4.78 is 17.5. The van der Waals surface area contributed by atoms with E-state index in [4.69, 9.17) is 14.2 Å². The fourth-order valence-corrected chi connectivity index (χ4v) is 3.51. The number of hydrogen-bond acceptors (Lipinski definition) is 4. The Bertz CT molecular complexity index is 763. The molecule has 5 nitrogen and oxygen atoms in total. The molecule has 3 rings (SSSR count). The first-order valence-electron chi connectivity index (χ1n) is 8.52. The summed E-state index contributed by atoms with van der Waals surface area (Å²) >= 11 is 3.39. The molecule has 0 N–H and O–H groups in total. The van der Waals surface area contributed by atoms with E-state index >= 15 is 0 Å². The Kier molecular flexibility index (Phi) is 6.04. The molecule has 0 bridgehead atoms. The molecule has 2 aromatic rings. The summed E-state index contributed by atoms with van der Waals surface area (Å²) in [6, 6.07) is 13.1. The van der Waals surface area contributed by atoms with Crippen LogP contribution in [0.1, 0.15) is 24.4 Å². The third-order valence-corrected chi connectivity index (χ3v) is 5.07. The third kappa shape index (κ3) is 4.12. The molecule has 2 aromatic carbocycles. The van der Waals surface area contributed by atoms with Gasteiger partial charge in [0.15, 0.2) is 6.61 Å². The number of amides is 1. The first kappa shape index (κ1) is 18.6. The number of carbonyl (C=O) groups excluding carboxylic acids is 1. The molecule has 0 saturated carbocycles. The van der Waals surface area contributed by atoms with Crippen molar-refractivity contribution in [2.75, 3.05) is 27.4 Å². The number of hydrogen-bond donors (Lipinski definition) is 0. The van der Waals surface area contributed by atoms with Crippen LogP contribution >= 0.6 is 15.9 Å². The molecule has 0 aromatic heterocycles. The number of ether oxygens (including phenoxy) is 3. The third-order valence-electron chi connectivity index (χ3n) is 4.54. The van der Waals surface area contributed by atoms with Crippen LogP contribution in [-0.4, -0.2) is 38.2 Å². The molecule has 26 heavy (non-hydrogen) atoms. The SMILES string of the molecule is COc1ccc(OC)c(C2CCCN2C(=O)COc2ccc(Br)cc2)c1. The zero-order valence-electron chi connectivity index (χ0n) is 14.9. The largest absolute Gasteiger partial charge is 0.497 e. The van der Waals surface area contributed by atoms with Crippen LogP contribution in [0.5, 0.6) is 17.2 Å². The van der Waals surface area contributed by atoms with Gasteiger partial charge in [-0.05, 0) is 55.3 Å². The Morgan fingerprint density at radius 3 is 2.54 bits per heavy atom. The average Bonchev–Trinajstić information content (AvgIpc) is 3.16. The van der Waals surface area contributed by atoms with Crippen LogP contribution in [0.15, 0.2) is 46.9 Å². The molecule has 1 atom stereocenters. The van der Waals surface area contributed by atoms with Gasteiger partial charge in [-0.3, -0.25) is 4.79 Å². The van der Waals surface area contributed by atoms with Gasteiger partial charge in [0.05, 0.1) is 20.3 Å². The molecule has 0 spiro atoms. The van der Waals surface area contributed by atoms with Crippen molar-refractivity contribution in [3.63, 3.8) is 0 Å². The molecule has 1 aliphatic heterocycles. The van der Waals surface area contributed by atoms with Crippen molar-refractivity contribution < 1.29 is 19.0 Å². The molecule has 1 amide bonds. The maximum absolute atomic E-state index is 12.7. The highest BCUT2D eigenvalue weighted by atomic mass is 79.9. The molecule has 0 aliphatic carbocycles. The molecule has 1 unspecified atom stereocenters. The highest BCUT2D eigenvalue weighted by Crippen LogP contribution is 2.38. The number of carbonyl (C=O) groups is 1. The Labute approximate surface area is 162 Å². The summed E-state index contributed by atoms with van der Waals surface area (Å²) in [6.07, 6.45) is 1.85. The molecule has 1 aliphatic rings. The normalized spacial score (nSPS) is 16.4. The summed E-state index contributed by atoms with van der Waals surface area (Å²) in [5.74, 6) is 2.17. The lowest BCUT2D eigenvalue weighted by Crippen LogP contribution is -2.34. The van der Waals surface area contributed by atoms with E-state index in [2.05, 4.69) is 15.9 Å². The highest BCUT2D eigenvalue weighted by molar-refractivity contribution is 9.10. The minimum atomic E-state index is -0.0275. The van der Waals surface area contributed by atoms with Crippen molar-refractivity contribution in [1.29, 1.82) is 0 Å². The van der Waals surface area contributed by atoms with Gasteiger partial charge < -0.3 is 19.1 Å². The molecular weight excluding hydrogens is 398 g/mol. The number of benzene rings is 2. The van der Waals surface area contributed by atoms with E-state index in [1.807, 2.05) is 47.4 Å². The molecule has 1 heterocycles. The molecule has 1 fully saturated rings. The van der Waals surface area contributed by atoms with Crippen molar-refractivity contribution >= 4 is 21.8 Å². The van der Waals surface area contributed by atoms with E-state index in [9.17, 15) is 4.79 Å². The zero-order chi connectivity index (χ0) is 18.5. The van der Waals surface area contributed by atoms with Crippen molar-refractivity contribution in [2.24, 2.45) is 0 Å². The van der Waals surface area contributed by atoms with Gasteiger partial charge in [0, 0.05) is 16.6 Å². The Morgan fingerprint density at radius 1 is 1.12 bits per heavy atom. The summed E-state index contributed by atoms with van der Waals surface area (Å²) in [4.78, 5) is 14.6. The van der Waals surface area contributed by atoms with Crippen LogP contribution in [0.3, 0.4) is 0 Å². The van der Waals surface area contributed by atoms with Gasteiger partial charge in [0.25, 0.3) is 5.91 Å². The van der Waals surface area contributed by atoms with Crippen LogP contribution in [0.25, 0.3) is 0 Å². The van der Waals surface area contributed by atoms with Crippen LogP contribution in [0.4, 0.5) is 0 Å². The van der Waals surface area contributed by atoms with E-state index < -0.39 is 0 Å². The second kappa shape index (κ2) is 8.45. The van der Waals surface area contributed by atoms with Crippen molar-refractivity contribution in [3.05, 3.63) is 52.5 Å². The summed E-state index contributed by atoms with van der Waals surface area (Å²) in [5.41, 5.74) is 0.973. The van der Waals surface area contributed by atoms with Gasteiger partial charge in [0.1, 0.15) is 17.2 Å². The molecular formula is C20H22BrNO4. The lowest BCUT2D eigenvalue weighted by atomic mass is 10.0. The van der Waals surface area contributed by atoms with Gasteiger partial charge in [-0.15, -0.1) is 0 Å². The fraction of sp³-hybridized carbons (Fsp3) is 0.350. The van der Waals surface area contributed by atoms with E-state index in [0.717, 1.165) is 34.4 Å². The standard InChI is InChI=1S/C20H22BrNO4/c1-24-16-9-10-19(25-2)17(12-16)18-4-3-11-22(18)20(23)13-26-15-7-5-14(21)6-8-15/h5-10,12,18H,3-4,11,13H2,1-2H3. The zero-order valence-corrected chi connectivity index (χ0v) is 16.5. The van der Waals surface area contributed by atoms with Crippen LogP contribution in [-0.2, 0) is 4.79 Å². The maximum Gasteiger partial charge on any atom is 0.261 e. The quantitative estimate of drug-likeness (QED) is 0.703. The summed E-state index contributed by atoms with van der Waals surface area (Å²) in [5, 5.41) is 0. The predicted octanol–water partition coefficient (Wildman–Crippen LogP) is 4.21. The van der Waals surface area contributed by atoms with Crippen LogP contribution in [0.2, 0.25) is 0 Å². The Hall–Kier alpha value is -2.21.